The number of benzene rings is 1. The molecule has 1 amide bonds. The summed E-state index contributed by atoms with van der Waals surface area (Å²) < 4.78 is 26.1. The van der Waals surface area contributed by atoms with Gasteiger partial charge in [0.1, 0.15) is 0 Å². The molecule has 0 aromatic heterocycles. The molecule has 20 heavy (non-hydrogen) atoms. The SMILES string of the molecule is CCCNC(=O)c1ccccc1NS(=O)(=O)CCCCl. The average Bonchev–Trinajstić information content (AvgIpc) is 2.43. The predicted molar refractivity (Wildman–Crippen MR) is 81.8 cm³/mol. The highest BCUT2D eigenvalue weighted by molar-refractivity contribution is 7.92. The van der Waals surface area contributed by atoms with Crippen LogP contribution in [0.15, 0.2) is 24.3 Å². The molecule has 0 saturated heterocycles. The highest BCUT2D eigenvalue weighted by Crippen LogP contribution is 2.17. The van der Waals surface area contributed by atoms with Crippen LogP contribution in [0.25, 0.3) is 0 Å². The molecule has 1 aromatic carbocycles. The third-order valence-corrected chi connectivity index (χ3v) is 4.14. The monoisotopic (exact) mass is 318 g/mol. The van der Waals surface area contributed by atoms with Crippen molar-refractivity contribution in [1.82, 2.24) is 5.32 Å². The number of hydrogen-bond acceptors (Lipinski definition) is 3. The highest BCUT2D eigenvalue weighted by Gasteiger charge is 2.15. The lowest BCUT2D eigenvalue weighted by Gasteiger charge is -2.12. The van der Waals surface area contributed by atoms with Gasteiger partial charge in [-0.15, -0.1) is 11.6 Å². The smallest absolute Gasteiger partial charge is 0.253 e. The Hall–Kier alpha value is -1.27. The number of hydrogen-bond donors (Lipinski definition) is 2. The van der Waals surface area contributed by atoms with Crippen molar-refractivity contribution in [1.29, 1.82) is 0 Å². The zero-order chi connectivity index (χ0) is 15.0. The molecule has 0 spiro atoms. The molecule has 0 aliphatic heterocycles. The van der Waals surface area contributed by atoms with E-state index >= 15 is 0 Å². The van der Waals surface area contributed by atoms with Gasteiger partial charge in [-0.1, -0.05) is 19.1 Å². The number of alkyl halides is 1. The number of nitrogens with one attached hydrogen (secondary N) is 2. The molecule has 2 N–H and O–H groups in total. The molecule has 1 rings (SSSR count). The van der Waals surface area contributed by atoms with Gasteiger partial charge in [0.15, 0.2) is 0 Å². The number of carbonyl (C=O) groups excluding carboxylic acids is 1. The summed E-state index contributed by atoms with van der Waals surface area (Å²) in [6, 6.07) is 6.52. The van der Waals surface area contributed by atoms with Crippen LogP contribution < -0.4 is 10.0 Å². The van der Waals surface area contributed by atoms with Gasteiger partial charge in [0.25, 0.3) is 5.91 Å². The first kappa shape index (κ1) is 16.8. The lowest BCUT2D eigenvalue weighted by atomic mass is 10.1. The van der Waals surface area contributed by atoms with Crippen LogP contribution in [-0.2, 0) is 10.0 Å². The van der Waals surface area contributed by atoms with Gasteiger partial charge in [0.2, 0.25) is 10.0 Å². The number of anilines is 1. The zero-order valence-electron chi connectivity index (χ0n) is 11.4. The van der Waals surface area contributed by atoms with Crippen molar-refractivity contribution in [2.45, 2.75) is 19.8 Å². The molecule has 1 aromatic rings. The summed E-state index contributed by atoms with van der Waals surface area (Å²) in [5, 5.41) is 2.72. The highest BCUT2D eigenvalue weighted by atomic mass is 35.5. The van der Waals surface area contributed by atoms with E-state index in [-0.39, 0.29) is 23.2 Å². The second-order valence-corrected chi connectivity index (χ2v) is 6.48. The van der Waals surface area contributed by atoms with Gasteiger partial charge in [0, 0.05) is 12.4 Å². The first-order valence-electron chi connectivity index (χ1n) is 6.44. The van der Waals surface area contributed by atoms with Crippen LogP contribution in [0.2, 0.25) is 0 Å². The first-order chi connectivity index (χ1) is 9.50. The maximum Gasteiger partial charge on any atom is 0.253 e. The summed E-state index contributed by atoms with van der Waals surface area (Å²) in [5.41, 5.74) is 0.603. The van der Waals surface area contributed by atoms with E-state index in [2.05, 4.69) is 10.0 Å². The quantitative estimate of drug-likeness (QED) is 0.721. The number of carbonyl (C=O) groups is 1. The van der Waals surface area contributed by atoms with Crippen molar-refractivity contribution >= 4 is 33.2 Å². The summed E-state index contributed by atoms with van der Waals surface area (Å²) in [4.78, 5) is 12.0. The number of halogens is 1. The number of amides is 1. The molecule has 0 saturated carbocycles. The maximum absolute atomic E-state index is 12.0. The standard InChI is InChI=1S/C13H19ClN2O3S/c1-2-9-15-13(17)11-6-3-4-7-12(11)16-20(18,19)10-5-8-14/h3-4,6-7,16H,2,5,8-10H2,1H3,(H,15,17). The molecule has 7 heteroatoms. The second-order valence-electron chi connectivity index (χ2n) is 4.26. The van der Waals surface area contributed by atoms with Crippen molar-refractivity contribution in [2.75, 3.05) is 22.9 Å². The average molecular weight is 319 g/mol. The molecule has 0 fully saturated rings. The normalized spacial score (nSPS) is 11.1. The largest absolute Gasteiger partial charge is 0.352 e. The van der Waals surface area contributed by atoms with Crippen LogP contribution in [0.4, 0.5) is 5.69 Å². The fourth-order valence-corrected chi connectivity index (χ4v) is 3.00. The molecule has 0 unspecified atom stereocenters. The third-order valence-electron chi connectivity index (χ3n) is 2.52. The minimum Gasteiger partial charge on any atom is -0.352 e. The second kappa shape index (κ2) is 8.11. The molecule has 5 nitrogen and oxygen atoms in total. The Morgan fingerprint density at radius 3 is 2.65 bits per heavy atom. The molecular formula is C13H19ClN2O3S. The molecule has 0 atom stereocenters. The van der Waals surface area contributed by atoms with E-state index in [0.717, 1.165) is 6.42 Å². The van der Waals surface area contributed by atoms with E-state index in [1.165, 1.54) is 0 Å². The maximum atomic E-state index is 12.0. The Morgan fingerprint density at radius 1 is 1.30 bits per heavy atom. The third kappa shape index (κ3) is 5.38. The van der Waals surface area contributed by atoms with Crippen molar-refractivity contribution in [3.8, 4) is 0 Å². The van der Waals surface area contributed by atoms with Gasteiger partial charge in [-0.25, -0.2) is 8.42 Å². The molecule has 0 aliphatic rings. The Morgan fingerprint density at radius 2 is 2.00 bits per heavy atom. The van der Waals surface area contributed by atoms with Crippen molar-refractivity contribution < 1.29 is 13.2 Å². The molecule has 0 bridgehead atoms. The van der Waals surface area contributed by atoms with Crippen LogP contribution in [-0.4, -0.2) is 32.5 Å². The van der Waals surface area contributed by atoms with E-state index in [4.69, 9.17) is 11.6 Å². The Bertz CT molecular complexity index is 546. The van der Waals surface area contributed by atoms with Gasteiger partial charge in [-0.3, -0.25) is 9.52 Å². The summed E-state index contributed by atoms with van der Waals surface area (Å²) in [5.74, 6) is -0.0801. The number of sulfonamides is 1. The van der Waals surface area contributed by atoms with Crippen molar-refractivity contribution in [3.05, 3.63) is 29.8 Å². The number of para-hydroxylation sites is 1. The van der Waals surface area contributed by atoms with Crippen molar-refractivity contribution in [2.24, 2.45) is 0 Å². The minimum absolute atomic E-state index is 0.0680. The van der Waals surface area contributed by atoms with Crippen LogP contribution in [0, 0.1) is 0 Å². The van der Waals surface area contributed by atoms with Gasteiger partial charge >= 0.3 is 0 Å². The lowest BCUT2D eigenvalue weighted by molar-refractivity contribution is 0.0954. The topological polar surface area (TPSA) is 75.3 Å². The summed E-state index contributed by atoms with van der Waals surface area (Å²) >= 11 is 5.49. The van der Waals surface area contributed by atoms with Crippen LogP contribution in [0.5, 0.6) is 0 Å². The molecular weight excluding hydrogens is 300 g/mol. The van der Waals surface area contributed by atoms with Gasteiger partial charge in [-0.05, 0) is 25.0 Å². The van der Waals surface area contributed by atoms with E-state index in [9.17, 15) is 13.2 Å². The number of rotatable bonds is 8. The minimum atomic E-state index is -3.49. The summed E-state index contributed by atoms with van der Waals surface area (Å²) in [6.45, 7) is 2.49. The van der Waals surface area contributed by atoms with Gasteiger partial charge < -0.3 is 5.32 Å². The van der Waals surface area contributed by atoms with E-state index in [1.54, 1.807) is 24.3 Å². The first-order valence-corrected chi connectivity index (χ1v) is 8.62. The Labute approximate surface area is 124 Å². The van der Waals surface area contributed by atoms with E-state index < -0.39 is 10.0 Å². The molecule has 0 heterocycles. The van der Waals surface area contributed by atoms with Gasteiger partial charge in [0.05, 0.1) is 17.0 Å². The lowest BCUT2D eigenvalue weighted by Crippen LogP contribution is -2.26. The molecule has 0 aliphatic carbocycles. The summed E-state index contributed by atoms with van der Waals surface area (Å²) in [7, 11) is -3.49. The van der Waals surface area contributed by atoms with Crippen LogP contribution in [0.1, 0.15) is 30.1 Å². The Balaban J connectivity index is 2.88. The van der Waals surface area contributed by atoms with E-state index in [1.807, 2.05) is 6.92 Å². The summed E-state index contributed by atoms with van der Waals surface area (Å²) in [6.07, 6.45) is 1.18. The Kier molecular flexibility index (Phi) is 6.81. The van der Waals surface area contributed by atoms with E-state index in [0.29, 0.717) is 18.5 Å². The van der Waals surface area contributed by atoms with Crippen LogP contribution in [0.3, 0.4) is 0 Å². The fraction of sp³-hybridized carbons (Fsp3) is 0.462. The van der Waals surface area contributed by atoms with Crippen LogP contribution >= 0.6 is 11.6 Å². The predicted octanol–water partition coefficient (Wildman–Crippen LogP) is 2.20. The van der Waals surface area contributed by atoms with Gasteiger partial charge in [-0.2, -0.15) is 0 Å². The van der Waals surface area contributed by atoms with Crippen molar-refractivity contribution in [3.63, 3.8) is 0 Å². The zero-order valence-corrected chi connectivity index (χ0v) is 12.9. The molecule has 0 radical (unpaired) electrons. The fourth-order valence-electron chi connectivity index (χ4n) is 1.57. The molecule has 112 valence electrons.